The lowest BCUT2D eigenvalue weighted by Gasteiger charge is -2.20. The van der Waals surface area contributed by atoms with Crippen molar-refractivity contribution in [2.75, 3.05) is 58.2 Å². The van der Waals surface area contributed by atoms with E-state index in [1.165, 1.54) is 0 Å². The van der Waals surface area contributed by atoms with Gasteiger partial charge in [-0.1, -0.05) is 0 Å². The Morgan fingerprint density at radius 3 is 1.88 bits per heavy atom. The van der Waals surface area contributed by atoms with Crippen molar-refractivity contribution in [3.63, 3.8) is 0 Å². The molecule has 3 atom stereocenters. The van der Waals surface area contributed by atoms with Gasteiger partial charge in [0, 0.05) is 5.69 Å². The second kappa shape index (κ2) is 8.33. The van der Waals surface area contributed by atoms with Gasteiger partial charge in [0.2, 0.25) is 0 Å². The second-order valence-electron chi connectivity index (χ2n) is 6.62. The van der Waals surface area contributed by atoms with Crippen molar-refractivity contribution < 1.29 is 28.4 Å². The van der Waals surface area contributed by atoms with Gasteiger partial charge in [0.15, 0.2) is 0 Å². The van der Waals surface area contributed by atoms with Gasteiger partial charge in [-0.3, -0.25) is 0 Å². The Balaban J connectivity index is 1.22. The maximum absolute atomic E-state index is 5.72. The highest BCUT2D eigenvalue weighted by atomic mass is 16.6. The summed E-state index contributed by atoms with van der Waals surface area (Å²) >= 11 is 0. The first-order valence-electron chi connectivity index (χ1n) is 8.85. The van der Waals surface area contributed by atoms with Gasteiger partial charge < -0.3 is 33.7 Å². The number of epoxide rings is 3. The first-order chi connectivity index (χ1) is 12.3. The Kier molecular flexibility index (Phi) is 5.68. The highest BCUT2D eigenvalue weighted by Crippen LogP contribution is 2.19. The maximum atomic E-state index is 5.72. The van der Waals surface area contributed by atoms with Crippen LogP contribution in [0, 0.1) is 0 Å². The van der Waals surface area contributed by atoms with Gasteiger partial charge in [-0.25, -0.2) is 0 Å². The molecule has 4 rings (SSSR count). The van der Waals surface area contributed by atoms with E-state index in [4.69, 9.17) is 28.4 Å². The Hall–Kier alpha value is -1.38. The van der Waals surface area contributed by atoms with E-state index >= 15 is 0 Å². The number of nitrogens with one attached hydrogen (secondary N) is 1. The molecule has 1 aromatic rings. The molecule has 0 radical (unpaired) electrons. The highest BCUT2D eigenvalue weighted by Gasteiger charge is 2.25. The predicted octanol–water partition coefficient (Wildman–Crippen LogP) is 1.08. The average Bonchev–Trinajstić information content (AvgIpc) is 3.47. The summed E-state index contributed by atoms with van der Waals surface area (Å²) in [6, 6.07) is 8.00. The van der Waals surface area contributed by atoms with Gasteiger partial charge in [-0.2, -0.15) is 0 Å². The Morgan fingerprint density at radius 2 is 1.36 bits per heavy atom. The van der Waals surface area contributed by atoms with Crippen LogP contribution in [-0.2, 0) is 23.7 Å². The monoisotopic (exact) mass is 351 g/mol. The molecule has 25 heavy (non-hydrogen) atoms. The van der Waals surface area contributed by atoms with E-state index in [0.29, 0.717) is 33.0 Å². The van der Waals surface area contributed by atoms with Crippen LogP contribution in [-0.4, -0.2) is 77.2 Å². The number of anilines is 1. The van der Waals surface area contributed by atoms with Crippen molar-refractivity contribution in [2.24, 2.45) is 0 Å². The van der Waals surface area contributed by atoms with Crippen LogP contribution in [0.25, 0.3) is 0 Å². The standard InChI is InChI=1S/C18H25NO6/c1-3-15(22-11-18-12-25-18)4-2-13(1)19-14(5-20-7-16-9-23-16)6-21-8-17-10-24-17/h1-4,14,16-19H,5-12H2. The molecule has 3 aliphatic heterocycles. The van der Waals surface area contributed by atoms with Crippen LogP contribution in [0.2, 0.25) is 0 Å². The molecule has 1 N–H and O–H groups in total. The van der Waals surface area contributed by atoms with Crippen molar-refractivity contribution in [1.29, 1.82) is 0 Å². The third-order valence-electron chi connectivity index (χ3n) is 4.11. The van der Waals surface area contributed by atoms with Gasteiger partial charge in [0.1, 0.15) is 30.7 Å². The minimum absolute atomic E-state index is 0.0733. The zero-order chi connectivity index (χ0) is 16.9. The quantitative estimate of drug-likeness (QED) is 0.533. The molecule has 3 heterocycles. The summed E-state index contributed by atoms with van der Waals surface area (Å²) in [5, 5.41) is 3.46. The molecule has 3 aliphatic rings. The lowest BCUT2D eigenvalue weighted by atomic mass is 10.2. The van der Waals surface area contributed by atoms with Crippen LogP contribution >= 0.6 is 0 Å². The molecule has 7 heteroatoms. The van der Waals surface area contributed by atoms with Crippen molar-refractivity contribution >= 4 is 5.69 Å². The van der Waals surface area contributed by atoms with E-state index in [0.717, 1.165) is 31.3 Å². The summed E-state index contributed by atoms with van der Waals surface area (Å²) in [6.45, 7) is 5.45. The number of hydrogen-bond donors (Lipinski definition) is 1. The zero-order valence-electron chi connectivity index (χ0n) is 14.2. The summed E-state index contributed by atoms with van der Waals surface area (Å²) in [5.41, 5.74) is 1.01. The third-order valence-corrected chi connectivity index (χ3v) is 4.11. The van der Waals surface area contributed by atoms with Crippen LogP contribution < -0.4 is 10.1 Å². The van der Waals surface area contributed by atoms with Gasteiger partial charge >= 0.3 is 0 Å². The zero-order valence-corrected chi connectivity index (χ0v) is 14.2. The minimum Gasteiger partial charge on any atom is -0.491 e. The van der Waals surface area contributed by atoms with Crippen molar-refractivity contribution in [3.8, 4) is 5.75 Å². The first-order valence-corrected chi connectivity index (χ1v) is 8.85. The Labute approximate surface area is 147 Å². The molecule has 3 fully saturated rings. The maximum Gasteiger partial charge on any atom is 0.119 e. The summed E-state index contributed by atoms with van der Waals surface area (Å²) in [7, 11) is 0. The van der Waals surface area contributed by atoms with Crippen molar-refractivity contribution in [2.45, 2.75) is 24.4 Å². The summed E-state index contributed by atoms with van der Waals surface area (Å²) in [6.07, 6.45) is 0.809. The predicted molar refractivity (Wildman–Crippen MR) is 90.2 cm³/mol. The van der Waals surface area contributed by atoms with E-state index < -0.39 is 0 Å². The Bertz CT molecular complexity index is 509. The molecule has 0 aliphatic carbocycles. The topological polar surface area (TPSA) is 77.3 Å². The molecule has 3 unspecified atom stereocenters. The van der Waals surface area contributed by atoms with Crippen LogP contribution in [0.15, 0.2) is 24.3 Å². The molecule has 0 spiro atoms. The normalized spacial score (nSPS) is 27.6. The van der Waals surface area contributed by atoms with E-state index in [2.05, 4.69) is 5.32 Å². The van der Waals surface area contributed by atoms with Crippen LogP contribution in [0.1, 0.15) is 0 Å². The lowest BCUT2D eigenvalue weighted by molar-refractivity contribution is 0.0610. The summed E-state index contributed by atoms with van der Waals surface area (Å²) in [4.78, 5) is 0. The van der Waals surface area contributed by atoms with Crippen LogP contribution in [0.4, 0.5) is 5.69 Å². The van der Waals surface area contributed by atoms with Crippen molar-refractivity contribution in [1.82, 2.24) is 0 Å². The number of benzene rings is 1. The molecule has 3 saturated heterocycles. The second-order valence-corrected chi connectivity index (χ2v) is 6.62. The van der Waals surface area contributed by atoms with E-state index in [-0.39, 0.29) is 24.4 Å². The number of ether oxygens (including phenoxy) is 6. The fourth-order valence-electron chi connectivity index (χ4n) is 2.38. The lowest BCUT2D eigenvalue weighted by Crippen LogP contribution is -2.32. The van der Waals surface area contributed by atoms with E-state index in [1.54, 1.807) is 0 Å². The van der Waals surface area contributed by atoms with E-state index in [1.807, 2.05) is 24.3 Å². The number of hydrogen-bond acceptors (Lipinski definition) is 7. The summed E-state index contributed by atoms with van der Waals surface area (Å²) < 4.78 is 32.6. The van der Waals surface area contributed by atoms with Gasteiger partial charge in [-0.15, -0.1) is 0 Å². The number of rotatable bonds is 13. The third kappa shape index (κ3) is 6.45. The van der Waals surface area contributed by atoms with Gasteiger partial charge in [0.25, 0.3) is 0 Å². The fourth-order valence-corrected chi connectivity index (χ4v) is 2.38. The SMILES string of the molecule is c1cc(OCC2CO2)ccc1NC(COCC1CO1)COCC1CO1. The fraction of sp³-hybridized carbons (Fsp3) is 0.667. The first kappa shape index (κ1) is 17.1. The van der Waals surface area contributed by atoms with Gasteiger partial charge in [0.05, 0.1) is 52.3 Å². The molecule has 1 aromatic carbocycles. The minimum atomic E-state index is 0.0733. The molecular weight excluding hydrogens is 326 g/mol. The average molecular weight is 351 g/mol. The molecule has 0 amide bonds. The molecular formula is C18H25NO6. The van der Waals surface area contributed by atoms with Crippen molar-refractivity contribution in [3.05, 3.63) is 24.3 Å². The van der Waals surface area contributed by atoms with E-state index in [9.17, 15) is 0 Å². The van der Waals surface area contributed by atoms with Gasteiger partial charge in [-0.05, 0) is 24.3 Å². The molecule has 0 bridgehead atoms. The van der Waals surface area contributed by atoms with Crippen LogP contribution in [0.5, 0.6) is 5.75 Å². The largest absolute Gasteiger partial charge is 0.491 e. The van der Waals surface area contributed by atoms with Crippen LogP contribution in [0.3, 0.4) is 0 Å². The smallest absolute Gasteiger partial charge is 0.119 e. The molecule has 0 aromatic heterocycles. The molecule has 7 nitrogen and oxygen atoms in total. The molecule has 0 saturated carbocycles. The highest BCUT2D eigenvalue weighted by molar-refractivity contribution is 5.47. The summed E-state index contributed by atoms with van der Waals surface area (Å²) in [5.74, 6) is 0.849. The molecule has 138 valence electrons. The Morgan fingerprint density at radius 1 is 0.840 bits per heavy atom.